The number of hydrogen-bond acceptors (Lipinski definition) is 4. The molecule has 0 saturated heterocycles. The molecular formula is C14H14N4O. The van der Waals surface area contributed by atoms with Crippen LogP contribution in [0.25, 0.3) is 11.0 Å². The Kier molecular flexibility index (Phi) is 3.02. The van der Waals surface area contributed by atoms with Crippen molar-refractivity contribution in [1.29, 1.82) is 0 Å². The molecule has 3 aromatic rings. The molecule has 5 heteroatoms. The Bertz CT molecular complexity index is 675. The number of hydrogen-bond donors (Lipinski definition) is 2. The van der Waals surface area contributed by atoms with Gasteiger partial charge in [0.1, 0.15) is 11.3 Å². The maximum atomic E-state index is 5.13. The van der Waals surface area contributed by atoms with Crippen molar-refractivity contribution in [3.63, 3.8) is 0 Å². The number of ether oxygens (including phenoxy) is 1. The Morgan fingerprint density at radius 3 is 2.79 bits per heavy atom. The van der Waals surface area contributed by atoms with Gasteiger partial charge in [0.25, 0.3) is 0 Å². The minimum absolute atomic E-state index is 0.697. The lowest BCUT2D eigenvalue weighted by molar-refractivity contribution is 0.414. The standard InChI is InChI=1S/C14H14N4O/c1-19-11-4-2-10(3-5-11)8-16-14-13-12(6-7-15-14)17-9-18-13/h2-7,9H,8H2,1H3,(H,15,16)(H,17,18). The summed E-state index contributed by atoms with van der Waals surface area (Å²) < 4.78 is 5.13. The molecule has 0 fully saturated rings. The van der Waals surface area contributed by atoms with Gasteiger partial charge in [0.15, 0.2) is 5.82 Å². The third kappa shape index (κ3) is 2.35. The van der Waals surface area contributed by atoms with Gasteiger partial charge in [-0.25, -0.2) is 9.97 Å². The zero-order valence-corrected chi connectivity index (χ0v) is 10.6. The largest absolute Gasteiger partial charge is 0.497 e. The van der Waals surface area contributed by atoms with Gasteiger partial charge in [-0.3, -0.25) is 0 Å². The van der Waals surface area contributed by atoms with Crippen LogP contribution in [0.15, 0.2) is 42.9 Å². The summed E-state index contributed by atoms with van der Waals surface area (Å²) in [5.41, 5.74) is 3.00. The average Bonchev–Trinajstić information content (AvgIpc) is 2.94. The Labute approximate surface area is 110 Å². The number of anilines is 1. The summed E-state index contributed by atoms with van der Waals surface area (Å²) in [6, 6.07) is 9.84. The molecule has 0 amide bonds. The summed E-state index contributed by atoms with van der Waals surface area (Å²) in [7, 11) is 1.66. The first kappa shape index (κ1) is 11.5. The summed E-state index contributed by atoms with van der Waals surface area (Å²) >= 11 is 0. The van der Waals surface area contributed by atoms with E-state index in [1.54, 1.807) is 19.6 Å². The van der Waals surface area contributed by atoms with Crippen LogP contribution in [-0.2, 0) is 6.54 Å². The van der Waals surface area contributed by atoms with Gasteiger partial charge in [-0.15, -0.1) is 0 Å². The minimum atomic E-state index is 0.697. The monoisotopic (exact) mass is 254 g/mol. The van der Waals surface area contributed by atoms with Crippen LogP contribution in [0.1, 0.15) is 5.56 Å². The molecule has 2 N–H and O–H groups in total. The fourth-order valence-corrected chi connectivity index (χ4v) is 1.93. The minimum Gasteiger partial charge on any atom is -0.497 e. The number of aromatic nitrogens is 3. The summed E-state index contributed by atoms with van der Waals surface area (Å²) in [6.07, 6.45) is 3.43. The zero-order valence-electron chi connectivity index (χ0n) is 10.6. The lowest BCUT2D eigenvalue weighted by atomic mass is 10.2. The molecule has 2 aromatic heterocycles. The molecule has 0 saturated carbocycles. The van der Waals surface area contributed by atoms with E-state index in [-0.39, 0.29) is 0 Å². The molecule has 0 spiro atoms. The molecule has 19 heavy (non-hydrogen) atoms. The van der Waals surface area contributed by atoms with E-state index < -0.39 is 0 Å². The van der Waals surface area contributed by atoms with Crippen molar-refractivity contribution >= 4 is 16.9 Å². The summed E-state index contributed by atoms with van der Waals surface area (Å²) in [5.74, 6) is 1.64. The van der Waals surface area contributed by atoms with Crippen molar-refractivity contribution in [1.82, 2.24) is 15.0 Å². The number of methoxy groups -OCH3 is 1. The Morgan fingerprint density at radius 2 is 2.00 bits per heavy atom. The fraction of sp³-hybridized carbons (Fsp3) is 0.143. The second-order valence-electron chi connectivity index (χ2n) is 4.16. The molecule has 96 valence electrons. The number of aromatic amines is 1. The molecule has 0 aliphatic carbocycles. The highest BCUT2D eigenvalue weighted by atomic mass is 16.5. The summed E-state index contributed by atoms with van der Waals surface area (Å²) in [5, 5.41) is 3.29. The molecule has 0 aliphatic heterocycles. The van der Waals surface area contributed by atoms with E-state index in [1.807, 2.05) is 30.3 Å². The predicted molar refractivity (Wildman–Crippen MR) is 74.2 cm³/mol. The Hall–Kier alpha value is -2.56. The molecule has 0 unspecified atom stereocenters. The molecule has 0 bridgehead atoms. The van der Waals surface area contributed by atoms with Crippen LogP contribution in [0.5, 0.6) is 5.75 Å². The van der Waals surface area contributed by atoms with Crippen LogP contribution in [0, 0.1) is 0 Å². The van der Waals surface area contributed by atoms with E-state index in [0.29, 0.717) is 6.54 Å². The van der Waals surface area contributed by atoms with Gasteiger partial charge >= 0.3 is 0 Å². The highest BCUT2D eigenvalue weighted by molar-refractivity contribution is 5.85. The van der Waals surface area contributed by atoms with Crippen molar-refractivity contribution in [2.75, 3.05) is 12.4 Å². The molecule has 1 aromatic carbocycles. The van der Waals surface area contributed by atoms with Crippen molar-refractivity contribution in [2.24, 2.45) is 0 Å². The summed E-state index contributed by atoms with van der Waals surface area (Å²) in [6.45, 7) is 0.697. The fourth-order valence-electron chi connectivity index (χ4n) is 1.93. The smallest absolute Gasteiger partial charge is 0.154 e. The maximum Gasteiger partial charge on any atom is 0.154 e. The molecule has 0 atom stereocenters. The first-order valence-electron chi connectivity index (χ1n) is 6.02. The molecule has 0 radical (unpaired) electrons. The SMILES string of the molecule is COc1ccc(CNc2nccc3[nH]cnc23)cc1. The number of pyridine rings is 1. The maximum absolute atomic E-state index is 5.13. The zero-order chi connectivity index (χ0) is 13.1. The van der Waals surface area contributed by atoms with E-state index in [2.05, 4.69) is 20.3 Å². The van der Waals surface area contributed by atoms with Crippen LogP contribution in [0.4, 0.5) is 5.82 Å². The molecule has 3 rings (SSSR count). The van der Waals surface area contributed by atoms with Gasteiger partial charge in [0.05, 0.1) is 19.0 Å². The van der Waals surface area contributed by atoms with Gasteiger partial charge in [-0.2, -0.15) is 0 Å². The van der Waals surface area contributed by atoms with Crippen molar-refractivity contribution in [3.05, 3.63) is 48.4 Å². The van der Waals surface area contributed by atoms with Crippen LogP contribution in [0.3, 0.4) is 0 Å². The highest BCUT2D eigenvalue weighted by Crippen LogP contribution is 2.18. The molecule has 2 heterocycles. The number of nitrogens with one attached hydrogen (secondary N) is 2. The van der Waals surface area contributed by atoms with Crippen LogP contribution in [0.2, 0.25) is 0 Å². The third-order valence-corrected chi connectivity index (χ3v) is 2.96. The van der Waals surface area contributed by atoms with Crippen molar-refractivity contribution < 1.29 is 4.74 Å². The van der Waals surface area contributed by atoms with E-state index >= 15 is 0 Å². The number of benzene rings is 1. The topological polar surface area (TPSA) is 62.8 Å². The van der Waals surface area contributed by atoms with Gasteiger partial charge < -0.3 is 15.0 Å². The second-order valence-corrected chi connectivity index (χ2v) is 4.16. The molecule has 0 aliphatic rings. The third-order valence-electron chi connectivity index (χ3n) is 2.96. The molecular weight excluding hydrogens is 240 g/mol. The number of rotatable bonds is 4. The Balaban J connectivity index is 1.76. The van der Waals surface area contributed by atoms with E-state index in [4.69, 9.17) is 4.74 Å². The normalized spacial score (nSPS) is 10.6. The highest BCUT2D eigenvalue weighted by Gasteiger charge is 2.04. The summed E-state index contributed by atoms with van der Waals surface area (Å²) in [4.78, 5) is 11.6. The van der Waals surface area contributed by atoms with Gasteiger partial charge in [0, 0.05) is 12.7 Å². The van der Waals surface area contributed by atoms with Gasteiger partial charge in [0.2, 0.25) is 0 Å². The van der Waals surface area contributed by atoms with E-state index in [0.717, 1.165) is 28.2 Å². The van der Waals surface area contributed by atoms with Crippen LogP contribution >= 0.6 is 0 Å². The lowest BCUT2D eigenvalue weighted by Crippen LogP contribution is -2.01. The number of H-pyrrole nitrogens is 1. The first-order chi connectivity index (χ1) is 9.36. The van der Waals surface area contributed by atoms with Crippen LogP contribution in [-0.4, -0.2) is 22.1 Å². The number of fused-ring (bicyclic) bond motifs is 1. The van der Waals surface area contributed by atoms with Gasteiger partial charge in [-0.1, -0.05) is 12.1 Å². The van der Waals surface area contributed by atoms with Gasteiger partial charge in [-0.05, 0) is 23.8 Å². The van der Waals surface area contributed by atoms with Crippen molar-refractivity contribution in [3.8, 4) is 5.75 Å². The average molecular weight is 254 g/mol. The number of nitrogens with zero attached hydrogens (tertiary/aromatic N) is 2. The number of imidazole rings is 1. The lowest BCUT2D eigenvalue weighted by Gasteiger charge is -2.07. The van der Waals surface area contributed by atoms with Crippen LogP contribution < -0.4 is 10.1 Å². The quantitative estimate of drug-likeness (QED) is 0.751. The predicted octanol–water partition coefficient (Wildman–Crippen LogP) is 2.58. The van der Waals surface area contributed by atoms with E-state index in [1.165, 1.54) is 0 Å². The Morgan fingerprint density at radius 1 is 1.16 bits per heavy atom. The molecule has 5 nitrogen and oxygen atoms in total. The second kappa shape index (κ2) is 4.97. The van der Waals surface area contributed by atoms with Crippen molar-refractivity contribution in [2.45, 2.75) is 6.54 Å². The first-order valence-corrected chi connectivity index (χ1v) is 6.02. The van der Waals surface area contributed by atoms with E-state index in [9.17, 15) is 0 Å².